The molecule has 0 aromatic carbocycles. The minimum atomic E-state index is -4.52. The fourth-order valence-corrected chi connectivity index (χ4v) is 3.00. The van der Waals surface area contributed by atoms with Crippen LogP contribution in [0.3, 0.4) is 0 Å². The van der Waals surface area contributed by atoms with Crippen LogP contribution in [0, 0.1) is 0 Å². The van der Waals surface area contributed by atoms with Crippen molar-refractivity contribution < 1.29 is 21.6 Å². The van der Waals surface area contributed by atoms with E-state index < -0.39 is 27.6 Å². The van der Waals surface area contributed by atoms with Crippen molar-refractivity contribution in [3.8, 4) is 0 Å². The fourth-order valence-electron chi connectivity index (χ4n) is 1.60. The molecule has 0 saturated carbocycles. The molecule has 0 radical (unpaired) electrons. The van der Waals surface area contributed by atoms with Crippen molar-refractivity contribution in [2.75, 3.05) is 24.0 Å². The molecule has 0 spiro atoms. The van der Waals surface area contributed by atoms with Crippen LogP contribution >= 0.6 is 11.6 Å². The minimum absolute atomic E-state index is 0.107. The molecule has 1 aromatic rings. The molecular weight excluding hydrogens is 317 g/mol. The van der Waals surface area contributed by atoms with E-state index in [1.807, 2.05) is 0 Å². The van der Waals surface area contributed by atoms with Crippen molar-refractivity contribution in [1.29, 1.82) is 0 Å². The van der Waals surface area contributed by atoms with Gasteiger partial charge in [0.05, 0.1) is 16.3 Å². The normalized spacial score (nSPS) is 14.2. The second-order valence-electron chi connectivity index (χ2n) is 4.58. The van der Waals surface area contributed by atoms with Gasteiger partial charge < -0.3 is 4.90 Å². The predicted octanol–water partition coefficient (Wildman–Crippen LogP) is 2.62. The zero-order chi connectivity index (χ0) is 15.7. The Morgan fingerprint density at radius 2 is 2.00 bits per heavy atom. The number of sulfone groups is 1. The maximum absolute atomic E-state index is 12.5. The van der Waals surface area contributed by atoms with E-state index in [2.05, 4.69) is 4.98 Å². The third-order valence-corrected chi connectivity index (χ3v) is 4.05. The van der Waals surface area contributed by atoms with Gasteiger partial charge in [-0.15, -0.1) is 0 Å². The Morgan fingerprint density at radius 3 is 2.40 bits per heavy atom. The summed E-state index contributed by atoms with van der Waals surface area (Å²) < 4.78 is 59.9. The second-order valence-corrected chi connectivity index (χ2v) is 7.17. The summed E-state index contributed by atoms with van der Waals surface area (Å²) in [4.78, 5) is 5.11. The first-order valence-corrected chi connectivity index (χ1v) is 7.99. The van der Waals surface area contributed by atoms with Crippen molar-refractivity contribution in [3.05, 3.63) is 22.8 Å². The highest BCUT2D eigenvalue weighted by Crippen LogP contribution is 2.33. The SMILES string of the molecule is C[C@@H](CS(C)(=O)=O)N(C)c1ncc(C(F)(F)F)cc1Cl. The Kier molecular flexibility index (Phi) is 4.91. The van der Waals surface area contributed by atoms with E-state index in [0.29, 0.717) is 6.20 Å². The van der Waals surface area contributed by atoms with Crippen LogP contribution in [-0.2, 0) is 16.0 Å². The summed E-state index contributed by atoms with van der Waals surface area (Å²) >= 11 is 5.79. The number of halogens is 4. The number of alkyl halides is 3. The molecule has 9 heteroatoms. The Morgan fingerprint density at radius 1 is 1.45 bits per heavy atom. The summed E-state index contributed by atoms with van der Waals surface area (Å²) in [6.07, 6.45) is -2.77. The Labute approximate surface area is 120 Å². The summed E-state index contributed by atoms with van der Waals surface area (Å²) in [5.41, 5.74) is -0.949. The fraction of sp³-hybridized carbons (Fsp3) is 0.545. The summed E-state index contributed by atoms with van der Waals surface area (Å²) in [6.45, 7) is 1.62. The van der Waals surface area contributed by atoms with E-state index in [4.69, 9.17) is 11.6 Å². The van der Waals surface area contributed by atoms with Crippen LogP contribution in [0.2, 0.25) is 5.02 Å². The summed E-state index contributed by atoms with van der Waals surface area (Å²) in [6, 6.07) is 0.305. The van der Waals surface area contributed by atoms with Gasteiger partial charge in [-0.2, -0.15) is 13.2 Å². The molecule has 0 bridgehead atoms. The molecule has 0 fully saturated rings. The van der Waals surface area contributed by atoms with Crippen LogP contribution in [0.4, 0.5) is 19.0 Å². The van der Waals surface area contributed by atoms with Gasteiger partial charge in [-0.1, -0.05) is 11.6 Å². The van der Waals surface area contributed by atoms with Crippen LogP contribution in [0.15, 0.2) is 12.3 Å². The molecule has 0 saturated heterocycles. The standard InChI is InChI=1S/C11H14ClF3N2O2S/c1-7(6-20(3,18)19)17(2)10-9(12)4-8(5-16-10)11(13,14)15/h4-5,7H,6H2,1-3H3/t7-/m0/s1. The molecule has 0 unspecified atom stereocenters. The van der Waals surface area contributed by atoms with Crippen molar-refractivity contribution in [3.63, 3.8) is 0 Å². The number of pyridine rings is 1. The van der Waals surface area contributed by atoms with Crippen molar-refractivity contribution in [2.24, 2.45) is 0 Å². The number of nitrogens with zero attached hydrogens (tertiary/aromatic N) is 2. The molecule has 0 aliphatic heterocycles. The highest BCUT2D eigenvalue weighted by molar-refractivity contribution is 7.90. The van der Waals surface area contributed by atoms with Gasteiger partial charge >= 0.3 is 6.18 Å². The lowest BCUT2D eigenvalue weighted by Gasteiger charge is -2.26. The van der Waals surface area contributed by atoms with Gasteiger partial charge in [0, 0.05) is 25.5 Å². The van der Waals surface area contributed by atoms with Gasteiger partial charge in [-0.25, -0.2) is 13.4 Å². The smallest absolute Gasteiger partial charge is 0.355 e. The van der Waals surface area contributed by atoms with E-state index in [9.17, 15) is 21.6 Å². The molecule has 114 valence electrons. The van der Waals surface area contributed by atoms with Gasteiger partial charge in [0.25, 0.3) is 0 Å². The third kappa shape index (κ3) is 4.52. The first-order valence-electron chi connectivity index (χ1n) is 5.55. The molecule has 1 rings (SSSR count). The number of rotatable bonds is 4. The predicted molar refractivity (Wildman–Crippen MR) is 71.8 cm³/mol. The van der Waals surface area contributed by atoms with E-state index in [1.165, 1.54) is 11.9 Å². The molecule has 0 aliphatic carbocycles. The quantitative estimate of drug-likeness (QED) is 0.851. The lowest BCUT2D eigenvalue weighted by Crippen LogP contribution is -2.35. The lowest BCUT2D eigenvalue weighted by atomic mass is 10.2. The highest BCUT2D eigenvalue weighted by atomic mass is 35.5. The van der Waals surface area contributed by atoms with Crippen LogP contribution in [0.1, 0.15) is 12.5 Å². The van der Waals surface area contributed by atoms with E-state index in [0.717, 1.165) is 12.3 Å². The molecule has 0 amide bonds. The van der Waals surface area contributed by atoms with Gasteiger partial charge in [-0.3, -0.25) is 0 Å². The molecule has 0 N–H and O–H groups in total. The zero-order valence-electron chi connectivity index (χ0n) is 11.1. The first-order chi connectivity index (χ1) is 8.92. The largest absolute Gasteiger partial charge is 0.417 e. The average Bonchev–Trinajstić information content (AvgIpc) is 2.24. The number of hydrogen-bond acceptors (Lipinski definition) is 4. The number of aromatic nitrogens is 1. The molecule has 4 nitrogen and oxygen atoms in total. The zero-order valence-corrected chi connectivity index (χ0v) is 12.6. The van der Waals surface area contributed by atoms with Crippen LogP contribution < -0.4 is 4.90 Å². The highest BCUT2D eigenvalue weighted by Gasteiger charge is 2.32. The summed E-state index contributed by atoms with van der Waals surface area (Å²) in [7, 11) is -1.69. The van der Waals surface area contributed by atoms with E-state index >= 15 is 0 Å². The molecule has 20 heavy (non-hydrogen) atoms. The Balaban J connectivity index is 3.03. The van der Waals surface area contributed by atoms with Gasteiger partial charge in [-0.05, 0) is 13.0 Å². The van der Waals surface area contributed by atoms with E-state index in [1.54, 1.807) is 6.92 Å². The van der Waals surface area contributed by atoms with Crippen molar-refractivity contribution in [1.82, 2.24) is 4.98 Å². The molecule has 1 atom stereocenters. The van der Waals surface area contributed by atoms with Gasteiger partial charge in [0.2, 0.25) is 0 Å². The molecule has 0 aliphatic rings. The number of hydrogen-bond donors (Lipinski definition) is 0. The Bertz CT molecular complexity index is 590. The minimum Gasteiger partial charge on any atom is -0.355 e. The van der Waals surface area contributed by atoms with Crippen LogP contribution in [0.5, 0.6) is 0 Å². The summed E-state index contributed by atoms with van der Waals surface area (Å²) in [5.74, 6) is -0.0430. The van der Waals surface area contributed by atoms with Crippen LogP contribution in [-0.4, -0.2) is 38.5 Å². The van der Waals surface area contributed by atoms with E-state index in [-0.39, 0.29) is 16.6 Å². The van der Waals surface area contributed by atoms with Gasteiger partial charge in [0.1, 0.15) is 15.7 Å². The third-order valence-electron chi connectivity index (χ3n) is 2.69. The topological polar surface area (TPSA) is 50.3 Å². The molecular formula is C11H14ClF3N2O2S. The summed E-state index contributed by atoms with van der Waals surface area (Å²) in [5, 5.41) is -0.178. The first kappa shape index (κ1) is 17.0. The lowest BCUT2D eigenvalue weighted by molar-refractivity contribution is -0.137. The van der Waals surface area contributed by atoms with Crippen molar-refractivity contribution in [2.45, 2.75) is 19.1 Å². The maximum Gasteiger partial charge on any atom is 0.417 e. The van der Waals surface area contributed by atoms with Crippen LogP contribution in [0.25, 0.3) is 0 Å². The second kappa shape index (κ2) is 5.77. The average molecular weight is 331 g/mol. The monoisotopic (exact) mass is 330 g/mol. The maximum atomic E-state index is 12.5. The van der Waals surface area contributed by atoms with Crippen molar-refractivity contribution >= 4 is 27.3 Å². The Hall–Kier alpha value is -1.02. The molecule has 1 aromatic heterocycles. The molecule has 1 heterocycles. The number of anilines is 1. The van der Waals surface area contributed by atoms with Gasteiger partial charge in [0.15, 0.2) is 0 Å².